The van der Waals surface area contributed by atoms with E-state index < -0.39 is 11.4 Å². The molecule has 5 nitrogen and oxygen atoms in total. The van der Waals surface area contributed by atoms with E-state index in [9.17, 15) is 14.7 Å². The van der Waals surface area contributed by atoms with Crippen molar-refractivity contribution in [2.24, 2.45) is 0 Å². The first kappa shape index (κ1) is 15.7. The average molecular weight is 336 g/mol. The minimum Gasteiger partial charge on any atom is -0.480 e. The molecule has 1 aromatic heterocycles. The van der Waals surface area contributed by atoms with Gasteiger partial charge >= 0.3 is 5.97 Å². The van der Waals surface area contributed by atoms with Crippen LogP contribution >= 0.6 is 0 Å². The fraction of sp³-hybridized carbons (Fsp3) is 0.300. The molecule has 2 heterocycles. The number of aromatic nitrogens is 1. The van der Waals surface area contributed by atoms with E-state index in [4.69, 9.17) is 0 Å². The number of carbonyl (C=O) groups excluding carboxylic acids is 1. The first-order valence-electron chi connectivity index (χ1n) is 8.57. The van der Waals surface area contributed by atoms with E-state index in [1.54, 1.807) is 19.2 Å². The van der Waals surface area contributed by atoms with Crippen molar-refractivity contribution < 1.29 is 14.7 Å². The largest absolute Gasteiger partial charge is 0.480 e. The number of para-hydroxylation sites is 1. The second-order valence-corrected chi connectivity index (χ2v) is 6.93. The van der Waals surface area contributed by atoms with Crippen molar-refractivity contribution in [2.75, 3.05) is 5.32 Å². The van der Waals surface area contributed by atoms with Crippen molar-refractivity contribution in [3.05, 3.63) is 58.9 Å². The number of aryl methyl sites for hydroxylation is 1. The Morgan fingerprint density at radius 1 is 1.24 bits per heavy atom. The fourth-order valence-electron chi connectivity index (χ4n) is 3.90. The number of benzene rings is 1. The molecule has 128 valence electrons. The Hall–Kier alpha value is -2.82. The lowest BCUT2D eigenvalue weighted by atomic mass is 9.77. The van der Waals surface area contributed by atoms with Gasteiger partial charge in [-0.05, 0) is 55.9 Å². The van der Waals surface area contributed by atoms with Gasteiger partial charge in [-0.3, -0.25) is 9.59 Å². The van der Waals surface area contributed by atoms with E-state index in [-0.39, 0.29) is 5.91 Å². The maximum atomic E-state index is 12.4. The number of nitrogens with one attached hydrogen (secondary N) is 2. The highest BCUT2D eigenvalue weighted by Crippen LogP contribution is 2.39. The Balaban J connectivity index is 1.87. The smallest absolute Gasteiger partial charge is 0.317 e. The standard InChI is InChI=1S/C20H20N2O3/c1-20(19(24)25,15-11-21-16-8-4-3-7-13(15)16)10-14-12-6-2-5-9-17(12)22-18(14)23/h2,5-6,9-11,21H,3-4,7-8H2,1H3,(H,22,23)(H,24,25). The number of rotatable bonds is 3. The third-order valence-electron chi connectivity index (χ3n) is 5.33. The minimum atomic E-state index is -1.26. The number of hydrogen-bond donors (Lipinski definition) is 3. The van der Waals surface area contributed by atoms with Gasteiger partial charge in [-0.15, -0.1) is 0 Å². The zero-order chi connectivity index (χ0) is 17.6. The van der Waals surface area contributed by atoms with Crippen molar-refractivity contribution in [1.29, 1.82) is 0 Å². The van der Waals surface area contributed by atoms with Crippen LogP contribution in [0, 0.1) is 0 Å². The molecule has 0 radical (unpaired) electrons. The number of fused-ring (bicyclic) bond motifs is 2. The summed E-state index contributed by atoms with van der Waals surface area (Å²) in [4.78, 5) is 27.9. The van der Waals surface area contributed by atoms with Crippen LogP contribution in [-0.2, 0) is 27.8 Å². The Labute approximate surface area is 145 Å². The van der Waals surface area contributed by atoms with Gasteiger partial charge in [0.05, 0.1) is 0 Å². The number of amides is 1. The van der Waals surface area contributed by atoms with Gasteiger partial charge in [-0.1, -0.05) is 18.2 Å². The summed E-state index contributed by atoms with van der Waals surface area (Å²) < 4.78 is 0. The van der Waals surface area contributed by atoms with Crippen LogP contribution in [0.15, 0.2) is 36.5 Å². The lowest BCUT2D eigenvalue weighted by molar-refractivity contribution is -0.141. The molecule has 0 saturated carbocycles. The summed E-state index contributed by atoms with van der Waals surface area (Å²) in [5, 5.41) is 12.8. The Morgan fingerprint density at radius 2 is 2.00 bits per heavy atom. The molecule has 1 amide bonds. The van der Waals surface area contributed by atoms with Gasteiger partial charge in [0.25, 0.3) is 5.91 Å². The Bertz CT molecular complexity index is 909. The summed E-state index contributed by atoms with van der Waals surface area (Å²) in [5.74, 6) is -1.21. The zero-order valence-corrected chi connectivity index (χ0v) is 14.1. The van der Waals surface area contributed by atoms with E-state index >= 15 is 0 Å². The number of H-pyrrole nitrogens is 1. The molecule has 0 fully saturated rings. The number of hydrogen-bond acceptors (Lipinski definition) is 2. The summed E-state index contributed by atoms with van der Waals surface area (Å²) in [6.45, 7) is 1.68. The molecule has 2 aromatic rings. The predicted octanol–water partition coefficient (Wildman–Crippen LogP) is 3.27. The summed E-state index contributed by atoms with van der Waals surface area (Å²) in [6.07, 6.45) is 7.42. The molecule has 0 spiro atoms. The number of aromatic amines is 1. The molecule has 0 bridgehead atoms. The molecule has 0 saturated heterocycles. The Morgan fingerprint density at radius 3 is 2.80 bits per heavy atom. The molecule has 1 aliphatic carbocycles. The maximum Gasteiger partial charge on any atom is 0.317 e. The SMILES string of the molecule is CC(C=C1C(=O)Nc2ccccc21)(C(=O)O)c1c[nH]c2c1CCCC2. The lowest BCUT2D eigenvalue weighted by Gasteiger charge is -2.24. The van der Waals surface area contributed by atoms with E-state index in [0.29, 0.717) is 5.57 Å². The monoisotopic (exact) mass is 336 g/mol. The number of carbonyl (C=O) groups is 2. The van der Waals surface area contributed by atoms with Crippen LogP contribution in [0.1, 0.15) is 42.1 Å². The van der Waals surface area contributed by atoms with Crippen LogP contribution in [-0.4, -0.2) is 22.0 Å². The van der Waals surface area contributed by atoms with Crippen molar-refractivity contribution in [3.63, 3.8) is 0 Å². The molecular weight excluding hydrogens is 316 g/mol. The number of carboxylic acids is 1. The van der Waals surface area contributed by atoms with Crippen LogP contribution in [0.3, 0.4) is 0 Å². The average Bonchev–Trinajstić information content (AvgIpc) is 3.16. The highest BCUT2D eigenvalue weighted by molar-refractivity contribution is 6.32. The molecule has 25 heavy (non-hydrogen) atoms. The Kier molecular flexibility index (Phi) is 3.53. The molecule has 1 unspecified atom stereocenters. The molecule has 1 aromatic carbocycles. The van der Waals surface area contributed by atoms with E-state index in [1.807, 2.05) is 24.3 Å². The second-order valence-electron chi connectivity index (χ2n) is 6.93. The molecular formula is C20H20N2O3. The van der Waals surface area contributed by atoms with E-state index in [1.165, 1.54) is 0 Å². The van der Waals surface area contributed by atoms with Gasteiger partial charge in [-0.2, -0.15) is 0 Å². The summed E-state index contributed by atoms with van der Waals surface area (Å²) in [7, 11) is 0. The van der Waals surface area contributed by atoms with Crippen LogP contribution in [0.4, 0.5) is 5.69 Å². The summed E-state index contributed by atoms with van der Waals surface area (Å²) in [6, 6.07) is 7.36. The minimum absolute atomic E-state index is 0.252. The predicted molar refractivity (Wildman–Crippen MR) is 95.5 cm³/mol. The van der Waals surface area contributed by atoms with Gasteiger partial charge in [0, 0.05) is 28.7 Å². The highest BCUT2D eigenvalue weighted by Gasteiger charge is 2.39. The van der Waals surface area contributed by atoms with Crippen molar-refractivity contribution in [2.45, 2.75) is 38.0 Å². The van der Waals surface area contributed by atoms with Gasteiger partial charge in [0.1, 0.15) is 5.41 Å². The van der Waals surface area contributed by atoms with Gasteiger partial charge in [-0.25, -0.2) is 0 Å². The van der Waals surface area contributed by atoms with Gasteiger partial charge < -0.3 is 15.4 Å². The number of anilines is 1. The summed E-state index contributed by atoms with van der Waals surface area (Å²) >= 11 is 0. The third kappa shape index (κ3) is 2.38. The van der Waals surface area contributed by atoms with Crippen molar-refractivity contribution >= 4 is 23.1 Å². The highest BCUT2D eigenvalue weighted by atomic mass is 16.4. The normalized spacial score (nSPS) is 19.9. The fourth-order valence-corrected chi connectivity index (χ4v) is 3.90. The zero-order valence-electron chi connectivity index (χ0n) is 14.1. The lowest BCUT2D eigenvalue weighted by Crippen LogP contribution is -2.32. The summed E-state index contributed by atoms with van der Waals surface area (Å²) in [5.41, 5.74) is 3.63. The number of carboxylic acid groups (broad SMARTS) is 1. The third-order valence-corrected chi connectivity index (χ3v) is 5.33. The second kappa shape index (κ2) is 5.62. The molecule has 2 aliphatic rings. The molecule has 1 aliphatic heterocycles. The first-order chi connectivity index (χ1) is 12.0. The van der Waals surface area contributed by atoms with Crippen molar-refractivity contribution in [3.8, 4) is 0 Å². The van der Waals surface area contributed by atoms with Gasteiger partial charge in [0.2, 0.25) is 0 Å². The number of aliphatic carboxylic acids is 1. The van der Waals surface area contributed by atoms with Crippen LogP contribution in [0.2, 0.25) is 0 Å². The molecule has 1 atom stereocenters. The quantitative estimate of drug-likeness (QED) is 0.752. The first-order valence-corrected chi connectivity index (χ1v) is 8.57. The van der Waals surface area contributed by atoms with Crippen LogP contribution in [0.25, 0.3) is 5.57 Å². The van der Waals surface area contributed by atoms with Crippen molar-refractivity contribution in [1.82, 2.24) is 4.98 Å². The van der Waals surface area contributed by atoms with E-state index in [2.05, 4.69) is 10.3 Å². The topological polar surface area (TPSA) is 82.2 Å². The maximum absolute atomic E-state index is 12.4. The van der Waals surface area contributed by atoms with Gasteiger partial charge in [0.15, 0.2) is 0 Å². The molecule has 3 N–H and O–H groups in total. The molecule has 5 heteroatoms. The molecule has 4 rings (SSSR count). The van der Waals surface area contributed by atoms with Crippen LogP contribution in [0.5, 0.6) is 0 Å². The van der Waals surface area contributed by atoms with Crippen LogP contribution < -0.4 is 5.32 Å². The van der Waals surface area contributed by atoms with E-state index in [0.717, 1.165) is 53.8 Å².